The summed E-state index contributed by atoms with van der Waals surface area (Å²) in [5.41, 5.74) is 4.70. The Labute approximate surface area is 64.0 Å². The van der Waals surface area contributed by atoms with Crippen LogP contribution in [0.25, 0.3) is 0 Å². The normalized spacial score (nSPS) is 10.7. The second-order valence-corrected chi connectivity index (χ2v) is 1.87. The standard InChI is InChI=1S/C7H9NO3/c1-2-3-5(7(10)11)4-6(8)9/h2,4H,1,3H2,(H2,8,9)(H,10,11)/b5-4-. The Bertz CT molecular complexity index is 218. The average Bonchev–Trinajstić information content (AvgIpc) is 1.86. The van der Waals surface area contributed by atoms with Crippen LogP contribution in [-0.2, 0) is 9.59 Å². The van der Waals surface area contributed by atoms with E-state index in [0.717, 1.165) is 6.08 Å². The summed E-state index contributed by atoms with van der Waals surface area (Å²) in [5, 5.41) is 8.43. The fourth-order valence-electron chi connectivity index (χ4n) is 0.535. The molecule has 60 valence electrons. The number of aliphatic carboxylic acids is 1. The number of primary amides is 1. The van der Waals surface area contributed by atoms with Crippen molar-refractivity contribution in [2.45, 2.75) is 6.42 Å². The van der Waals surface area contributed by atoms with Crippen LogP contribution in [0.15, 0.2) is 24.3 Å². The van der Waals surface area contributed by atoms with Crippen LogP contribution in [0.4, 0.5) is 0 Å². The average molecular weight is 155 g/mol. The summed E-state index contributed by atoms with van der Waals surface area (Å²) >= 11 is 0. The zero-order valence-corrected chi connectivity index (χ0v) is 5.91. The van der Waals surface area contributed by atoms with Crippen molar-refractivity contribution in [3.05, 3.63) is 24.3 Å². The van der Waals surface area contributed by atoms with Crippen LogP contribution in [0.2, 0.25) is 0 Å². The van der Waals surface area contributed by atoms with Gasteiger partial charge in [0.25, 0.3) is 0 Å². The monoisotopic (exact) mass is 155 g/mol. The molecule has 0 atom stereocenters. The Hall–Kier alpha value is -1.58. The van der Waals surface area contributed by atoms with Gasteiger partial charge in [-0.15, -0.1) is 6.58 Å². The first kappa shape index (κ1) is 9.42. The first-order valence-corrected chi connectivity index (χ1v) is 2.92. The second-order valence-electron chi connectivity index (χ2n) is 1.87. The van der Waals surface area contributed by atoms with Gasteiger partial charge in [0, 0.05) is 11.6 Å². The second kappa shape index (κ2) is 4.27. The number of carboxylic acid groups (broad SMARTS) is 1. The van der Waals surface area contributed by atoms with Crippen LogP contribution in [-0.4, -0.2) is 17.0 Å². The van der Waals surface area contributed by atoms with Crippen molar-refractivity contribution in [1.29, 1.82) is 0 Å². The number of nitrogens with two attached hydrogens (primary N) is 1. The minimum Gasteiger partial charge on any atom is -0.478 e. The zero-order chi connectivity index (χ0) is 8.85. The van der Waals surface area contributed by atoms with Gasteiger partial charge < -0.3 is 10.8 Å². The number of rotatable bonds is 4. The molecule has 1 amide bonds. The molecule has 0 aliphatic heterocycles. The summed E-state index contributed by atoms with van der Waals surface area (Å²) in [7, 11) is 0. The Morgan fingerprint density at radius 3 is 2.36 bits per heavy atom. The molecule has 0 saturated carbocycles. The van der Waals surface area contributed by atoms with Gasteiger partial charge in [0.15, 0.2) is 0 Å². The molecule has 0 bridgehead atoms. The summed E-state index contributed by atoms with van der Waals surface area (Å²) in [6, 6.07) is 0. The smallest absolute Gasteiger partial charge is 0.332 e. The fourth-order valence-corrected chi connectivity index (χ4v) is 0.535. The molecule has 4 nitrogen and oxygen atoms in total. The van der Waals surface area contributed by atoms with E-state index in [1.807, 2.05) is 0 Å². The molecule has 4 heteroatoms. The summed E-state index contributed by atoms with van der Waals surface area (Å²) in [6.45, 7) is 3.33. The van der Waals surface area contributed by atoms with Crippen LogP contribution in [0.3, 0.4) is 0 Å². The molecular weight excluding hydrogens is 146 g/mol. The van der Waals surface area contributed by atoms with Gasteiger partial charge in [0.05, 0.1) is 0 Å². The molecular formula is C7H9NO3. The summed E-state index contributed by atoms with van der Waals surface area (Å²) < 4.78 is 0. The highest BCUT2D eigenvalue weighted by Gasteiger charge is 2.05. The van der Waals surface area contributed by atoms with Crippen LogP contribution in [0, 0.1) is 0 Å². The van der Waals surface area contributed by atoms with Crippen molar-refractivity contribution in [1.82, 2.24) is 0 Å². The molecule has 0 radical (unpaired) electrons. The number of amides is 1. The van der Waals surface area contributed by atoms with Gasteiger partial charge in [-0.3, -0.25) is 4.79 Å². The van der Waals surface area contributed by atoms with E-state index in [2.05, 4.69) is 6.58 Å². The van der Waals surface area contributed by atoms with E-state index in [4.69, 9.17) is 10.8 Å². The Morgan fingerprint density at radius 1 is 1.55 bits per heavy atom. The number of carboxylic acids is 1. The maximum atomic E-state index is 10.3. The molecule has 0 aromatic rings. The lowest BCUT2D eigenvalue weighted by molar-refractivity contribution is -0.133. The van der Waals surface area contributed by atoms with Crippen molar-refractivity contribution in [2.24, 2.45) is 5.73 Å². The first-order valence-electron chi connectivity index (χ1n) is 2.92. The quantitative estimate of drug-likeness (QED) is 0.445. The highest BCUT2D eigenvalue weighted by Crippen LogP contribution is 2.00. The molecule has 0 rings (SSSR count). The third-order valence-electron chi connectivity index (χ3n) is 0.955. The van der Waals surface area contributed by atoms with Gasteiger partial charge >= 0.3 is 5.97 Å². The molecule has 0 unspecified atom stereocenters. The van der Waals surface area contributed by atoms with Gasteiger partial charge in [-0.1, -0.05) is 6.08 Å². The number of allylic oxidation sites excluding steroid dienone is 1. The van der Waals surface area contributed by atoms with E-state index in [-0.39, 0.29) is 12.0 Å². The molecule has 11 heavy (non-hydrogen) atoms. The lowest BCUT2D eigenvalue weighted by atomic mass is 10.2. The lowest BCUT2D eigenvalue weighted by Gasteiger charge is -1.94. The van der Waals surface area contributed by atoms with Crippen molar-refractivity contribution in [3.63, 3.8) is 0 Å². The maximum Gasteiger partial charge on any atom is 0.332 e. The molecule has 3 N–H and O–H groups in total. The first-order chi connectivity index (χ1) is 5.07. The van der Waals surface area contributed by atoms with Crippen LogP contribution in [0.5, 0.6) is 0 Å². The Morgan fingerprint density at radius 2 is 2.09 bits per heavy atom. The van der Waals surface area contributed by atoms with Crippen molar-refractivity contribution in [3.8, 4) is 0 Å². The molecule has 0 aromatic carbocycles. The third-order valence-corrected chi connectivity index (χ3v) is 0.955. The Balaban J connectivity index is 4.44. The largest absolute Gasteiger partial charge is 0.478 e. The van der Waals surface area contributed by atoms with Crippen LogP contribution < -0.4 is 5.73 Å². The predicted molar refractivity (Wildman–Crippen MR) is 39.7 cm³/mol. The van der Waals surface area contributed by atoms with E-state index in [1.165, 1.54) is 6.08 Å². The minimum atomic E-state index is -1.15. The van der Waals surface area contributed by atoms with E-state index < -0.39 is 11.9 Å². The van der Waals surface area contributed by atoms with Gasteiger partial charge in [0.2, 0.25) is 5.91 Å². The van der Waals surface area contributed by atoms with Gasteiger partial charge in [0.1, 0.15) is 0 Å². The topological polar surface area (TPSA) is 80.4 Å². The SMILES string of the molecule is C=CC/C(=C/C(N)=O)C(=O)O. The maximum absolute atomic E-state index is 10.3. The van der Waals surface area contributed by atoms with E-state index in [1.54, 1.807) is 0 Å². The summed E-state index contributed by atoms with van der Waals surface area (Å²) in [5.74, 6) is -1.91. The van der Waals surface area contributed by atoms with E-state index in [9.17, 15) is 9.59 Å². The fraction of sp³-hybridized carbons (Fsp3) is 0.143. The van der Waals surface area contributed by atoms with Gasteiger partial charge in [-0.2, -0.15) is 0 Å². The summed E-state index contributed by atoms with van der Waals surface area (Å²) in [4.78, 5) is 20.5. The van der Waals surface area contributed by atoms with E-state index >= 15 is 0 Å². The molecule has 0 saturated heterocycles. The highest BCUT2D eigenvalue weighted by molar-refractivity contribution is 5.97. The number of hydrogen-bond donors (Lipinski definition) is 2. The molecule has 0 aromatic heterocycles. The van der Waals surface area contributed by atoms with Crippen LogP contribution >= 0.6 is 0 Å². The molecule has 0 fully saturated rings. The minimum absolute atomic E-state index is 0.0486. The number of carbonyl (C=O) groups is 2. The molecule has 0 aliphatic rings. The van der Waals surface area contributed by atoms with E-state index in [0.29, 0.717) is 0 Å². The van der Waals surface area contributed by atoms with Crippen molar-refractivity contribution < 1.29 is 14.7 Å². The van der Waals surface area contributed by atoms with Gasteiger partial charge in [-0.05, 0) is 6.42 Å². The summed E-state index contributed by atoms with van der Waals surface area (Å²) in [6.07, 6.45) is 2.41. The Kier molecular flexibility index (Phi) is 3.66. The molecule has 0 spiro atoms. The number of carbonyl (C=O) groups excluding carboxylic acids is 1. The van der Waals surface area contributed by atoms with Crippen LogP contribution in [0.1, 0.15) is 6.42 Å². The van der Waals surface area contributed by atoms with Gasteiger partial charge in [-0.25, -0.2) is 4.79 Å². The highest BCUT2D eigenvalue weighted by atomic mass is 16.4. The molecule has 0 heterocycles. The third kappa shape index (κ3) is 3.91. The lowest BCUT2D eigenvalue weighted by Crippen LogP contribution is -2.10. The predicted octanol–water partition coefficient (Wildman–Crippen LogP) is 0.0588. The van der Waals surface area contributed by atoms with Crippen molar-refractivity contribution in [2.75, 3.05) is 0 Å². The van der Waals surface area contributed by atoms with Crippen molar-refractivity contribution >= 4 is 11.9 Å². The number of hydrogen-bond acceptors (Lipinski definition) is 2. The molecule has 0 aliphatic carbocycles. The zero-order valence-electron chi connectivity index (χ0n) is 5.91.